The summed E-state index contributed by atoms with van der Waals surface area (Å²) in [5.74, 6) is -0.759. The van der Waals surface area contributed by atoms with E-state index < -0.39 is 5.97 Å². The van der Waals surface area contributed by atoms with Crippen LogP contribution in [0.2, 0.25) is 0 Å². The Bertz CT molecular complexity index is 662. The van der Waals surface area contributed by atoms with Gasteiger partial charge in [0.25, 0.3) is 0 Å². The van der Waals surface area contributed by atoms with Gasteiger partial charge in [-0.3, -0.25) is 0 Å². The van der Waals surface area contributed by atoms with Crippen LogP contribution in [0, 0.1) is 6.92 Å². The number of benzene rings is 1. The first kappa shape index (κ1) is 12.3. The lowest BCUT2D eigenvalue weighted by atomic mass is 10.2. The molecule has 1 N–H and O–H groups in total. The van der Waals surface area contributed by atoms with Crippen molar-refractivity contribution in [1.29, 1.82) is 0 Å². The minimum Gasteiger partial charge on any atom is -0.476 e. The molecule has 0 radical (unpaired) electrons. The number of halogens is 1. The van der Waals surface area contributed by atoms with E-state index in [1.54, 1.807) is 4.68 Å². The minimum atomic E-state index is -1.02. The molecule has 0 unspecified atom stereocenters. The van der Waals surface area contributed by atoms with Crippen molar-refractivity contribution in [3.63, 3.8) is 0 Å². The van der Waals surface area contributed by atoms with Crippen molar-refractivity contribution >= 4 is 21.9 Å². The van der Waals surface area contributed by atoms with Crippen molar-refractivity contribution in [1.82, 2.24) is 15.0 Å². The molecule has 1 aliphatic rings. The van der Waals surface area contributed by atoms with Crippen molar-refractivity contribution in [3.05, 3.63) is 39.6 Å². The molecule has 1 aromatic heterocycles. The number of hydrogen-bond donors (Lipinski definition) is 1. The summed E-state index contributed by atoms with van der Waals surface area (Å²) in [5, 5.41) is 17.0. The Hall–Kier alpha value is -1.69. The molecule has 0 spiro atoms. The largest absolute Gasteiger partial charge is 0.476 e. The fraction of sp³-hybridized carbons (Fsp3) is 0.308. The van der Waals surface area contributed by atoms with E-state index in [9.17, 15) is 9.90 Å². The number of nitrogens with zero attached hydrogens (tertiary/aromatic N) is 3. The number of aromatic carboxylic acids is 1. The van der Waals surface area contributed by atoms with Gasteiger partial charge in [0.2, 0.25) is 0 Å². The normalized spacial score (nSPS) is 14.6. The van der Waals surface area contributed by atoms with E-state index in [0.29, 0.717) is 5.69 Å². The van der Waals surface area contributed by atoms with Gasteiger partial charge < -0.3 is 5.11 Å². The zero-order valence-corrected chi connectivity index (χ0v) is 11.9. The highest BCUT2D eigenvalue weighted by Gasteiger charge is 2.34. The number of carbonyl (C=O) groups is 1. The Morgan fingerprint density at radius 2 is 2.21 bits per heavy atom. The molecule has 3 rings (SSSR count). The number of carboxylic acid groups (broad SMARTS) is 1. The SMILES string of the molecule is Cc1ccc(-n2nnc(C(=O)O)c2C2CC2)c(Br)c1. The van der Waals surface area contributed by atoms with Crippen LogP contribution in [-0.2, 0) is 0 Å². The summed E-state index contributed by atoms with van der Waals surface area (Å²) in [6.45, 7) is 2.00. The first-order valence-electron chi connectivity index (χ1n) is 6.03. The fourth-order valence-electron chi connectivity index (χ4n) is 2.13. The van der Waals surface area contributed by atoms with Crippen LogP contribution in [0.1, 0.15) is 40.5 Å². The molecule has 0 aliphatic heterocycles. The van der Waals surface area contributed by atoms with Crippen LogP contribution in [0.25, 0.3) is 5.69 Å². The Labute approximate surface area is 118 Å². The maximum Gasteiger partial charge on any atom is 0.358 e. The highest BCUT2D eigenvalue weighted by atomic mass is 79.9. The Morgan fingerprint density at radius 3 is 2.79 bits per heavy atom. The van der Waals surface area contributed by atoms with E-state index in [1.165, 1.54) is 0 Å². The molecule has 1 fully saturated rings. The fourth-order valence-corrected chi connectivity index (χ4v) is 2.79. The standard InChI is InChI=1S/C13H12BrN3O2/c1-7-2-5-10(9(14)6-7)17-12(8-3-4-8)11(13(18)19)15-16-17/h2,5-6,8H,3-4H2,1H3,(H,18,19). The van der Waals surface area contributed by atoms with E-state index >= 15 is 0 Å². The van der Waals surface area contributed by atoms with E-state index in [0.717, 1.165) is 28.6 Å². The average molecular weight is 322 g/mol. The molecule has 1 aliphatic carbocycles. The maximum absolute atomic E-state index is 11.2. The highest BCUT2D eigenvalue weighted by molar-refractivity contribution is 9.10. The van der Waals surface area contributed by atoms with Crippen molar-refractivity contribution in [2.45, 2.75) is 25.7 Å². The molecule has 0 bridgehead atoms. The molecule has 1 saturated carbocycles. The van der Waals surface area contributed by atoms with Gasteiger partial charge >= 0.3 is 5.97 Å². The smallest absolute Gasteiger partial charge is 0.358 e. The van der Waals surface area contributed by atoms with Gasteiger partial charge in [0.1, 0.15) is 0 Å². The second-order valence-electron chi connectivity index (χ2n) is 4.77. The molecule has 0 saturated heterocycles. The van der Waals surface area contributed by atoms with E-state index in [-0.39, 0.29) is 11.6 Å². The van der Waals surface area contributed by atoms with Crippen LogP contribution in [0.5, 0.6) is 0 Å². The number of hydrogen-bond acceptors (Lipinski definition) is 3. The molecule has 5 nitrogen and oxygen atoms in total. The van der Waals surface area contributed by atoms with Crippen LogP contribution in [-0.4, -0.2) is 26.1 Å². The molecule has 0 amide bonds. The van der Waals surface area contributed by atoms with Gasteiger partial charge in [-0.1, -0.05) is 11.3 Å². The lowest BCUT2D eigenvalue weighted by molar-refractivity contribution is 0.0689. The number of aromatic nitrogens is 3. The topological polar surface area (TPSA) is 68.0 Å². The van der Waals surface area contributed by atoms with Gasteiger partial charge in [0.15, 0.2) is 5.69 Å². The molecule has 1 heterocycles. The molecule has 98 valence electrons. The monoisotopic (exact) mass is 321 g/mol. The Morgan fingerprint density at radius 1 is 1.47 bits per heavy atom. The third-order valence-electron chi connectivity index (χ3n) is 3.20. The molecular weight excluding hydrogens is 310 g/mol. The van der Waals surface area contributed by atoms with Crippen molar-refractivity contribution in [2.24, 2.45) is 0 Å². The lowest BCUT2D eigenvalue weighted by Crippen LogP contribution is -2.06. The van der Waals surface area contributed by atoms with Crippen molar-refractivity contribution in [3.8, 4) is 5.69 Å². The van der Waals surface area contributed by atoms with Gasteiger partial charge in [-0.25, -0.2) is 9.48 Å². The summed E-state index contributed by atoms with van der Waals surface area (Å²) in [5.41, 5.74) is 2.72. The van der Waals surface area contributed by atoms with Gasteiger partial charge in [0, 0.05) is 10.4 Å². The molecule has 6 heteroatoms. The predicted molar refractivity (Wildman–Crippen MR) is 72.7 cm³/mol. The lowest BCUT2D eigenvalue weighted by Gasteiger charge is -2.08. The van der Waals surface area contributed by atoms with E-state index in [1.807, 2.05) is 25.1 Å². The minimum absolute atomic E-state index is 0.0648. The summed E-state index contributed by atoms with van der Waals surface area (Å²) in [6, 6.07) is 5.87. The summed E-state index contributed by atoms with van der Waals surface area (Å²) in [7, 11) is 0. The highest BCUT2D eigenvalue weighted by Crippen LogP contribution is 2.42. The van der Waals surface area contributed by atoms with E-state index in [2.05, 4.69) is 26.2 Å². The second kappa shape index (κ2) is 4.45. The second-order valence-corrected chi connectivity index (χ2v) is 5.62. The van der Waals surface area contributed by atoms with Gasteiger partial charge in [-0.2, -0.15) is 0 Å². The third kappa shape index (κ3) is 2.16. The number of rotatable bonds is 3. The summed E-state index contributed by atoms with van der Waals surface area (Å²) < 4.78 is 2.53. The molecular formula is C13H12BrN3O2. The molecule has 2 aromatic rings. The average Bonchev–Trinajstić information content (AvgIpc) is 3.08. The van der Waals surface area contributed by atoms with Gasteiger partial charge in [-0.05, 0) is 53.4 Å². The van der Waals surface area contributed by atoms with Crippen LogP contribution < -0.4 is 0 Å². The van der Waals surface area contributed by atoms with Gasteiger partial charge in [-0.15, -0.1) is 5.10 Å². The Balaban J connectivity index is 2.17. The van der Waals surface area contributed by atoms with Gasteiger partial charge in [0.05, 0.1) is 11.4 Å². The summed E-state index contributed by atoms with van der Waals surface area (Å²) >= 11 is 3.50. The zero-order valence-electron chi connectivity index (χ0n) is 10.3. The Kier molecular flexibility index (Phi) is 2.89. The quantitative estimate of drug-likeness (QED) is 0.943. The van der Waals surface area contributed by atoms with Crippen molar-refractivity contribution < 1.29 is 9.90 Å². The van der Waals surface area contributed by atoms with Crippen LogP contribution in [0.3, 0.4) is 0 Å². The predicted octanol–water partition coefficient (Wildman–Crippen LogP) is 2.91. The molecule has 19 heavy (non-hydrogen) atoms. The van der Waals surface area contributed by atoms with E-state index in [4.69, 9.17) is 0 Å². The third-order valence-corrected chi connectivity index (χ3v) is 3.84. The van der Waals surface area contributed by atoms with Crippen LogP contribution in [0.4, 0.5) is 0 Å². The molecule has 1 aromatic carbocycles. The number of carboxylic acids is 1. The molecule has 0 atom stereocenters. The van der Waals surface area contributed by atoms with Crippen molar-refractivity contribution in [2.75, 3.05) is 0 Å². The first-order chi connectivity index (χ1) is 9.08. The summed E-state index contributed by atoms with van der Waals surface area (Å²) in [6.07, 6.45) is 1.99. The number of aryl methyl sites for hydroxylation is 1. The summed E-state index contributed by atoms with van der Waals surface area (Å²) in [4.78, 5) is 11.2. The van der Waals surface area contributed by atoms with Crippen LogP contribution >= 0.6 is 15.9 Å². The van der Waals surface area contributed by atoms with Crippen LogP contribution in [0.15, 0.2) is 22.7 Å². The maximum atomic E-state index is 11.2. The zero-order chi connectivity index (χ0) is 13.6. The first-order valence-corrected chi connectivity index (χ1v) is 6.82.